The Bertz CT molecular complexity index is 1050. The first kappa shape index (κ1) is 20.9. The Labute approximate surface area is 188 Å². The zero-order valence-electron chi connectivity index (χ0n) is 16.7. The van der Waals surface area contributed by atoms with Crippen molar-refractivity contribution in [2.24, 2.45) is 4.99 Å². The van der Waals surface area contributed by atoms with Crippen LogP contribution < -0.4 is 0 Å². The van der Waals surface area contributed by atoms with Gasteiger partial charge in [-0.25, -0.2) is 9.79 Å². The first-order valence-corrected chi connectivity index (χ1v) is 11.4. The quantitative estimate of drug-likeness (QED) is 0.545. The molecule has 2 heterocycles. The second-order valence-corrected chi connectivity index (χ2v) is 9.22. The Kier molecular flexibility index (Phi) is 6.11. The third-order valence-electron chi connectivity index (χ3n) is 5.12. The van der Waals surface area contributed by atoms with E-state index in [2.05, 4.69) is 20.9 Å². The summed E-state index contributed by atoms with van der Waals surface area (Å²) in [5, 5.41) is 0.458. The van der Waals surface area contributed by atoms with Gasteiger partial charge in [-0.1, -0.05) is 77.1 Å². The summed E-state index contributed by atoms with van der Waals surface area (Å²) in [6.07, 6.45) is 0.705. The van der Waals surface area contributed by atoms with E-state index in [0.29, 0.717) is 22.9 Å². The summed E-state index contributed by atoms with van der Waals surface area (Å²) < 4.78 is 6.51. The average molecular weight is 485 g/mol. The van der Waals surface area contributed by atoms with Crippen molar-refractivity contribution in [3.05, 3.63) is 81.5 Å². The van der Waals surface area contributed by atoms with Crippen LogP contribution >= 0.6 is 27.7 Å². The van der Waals surface area contributed by atoms with E-state index >= 15 is 0 Å². The molecular weight excluding hydrogens is 464 g/mol. The fourth-order valence-electron chi connectivity index (χ4n) is 3.64. The minimum absolute atomic E-state index is 0.0212. The summed E-state index contributed by atoms with van der Waals surface area (Å²) >= 11 is 4.97. The lowest BCUT2D eigenvalue weighted by atomic mass is 9.94. The van der Waals surface area contributed by atoms with Crippen LogP contribution in [0.3, 0.4) is 0 Å². The fourth-order valence-corrected chi connectivity index (χ4v) is 5.19. The molecule has 1 saturated heterocycles. The van der Waals surface area contributed by atoms with Crippen LogP contribution in [0, 0.1) is 0 Å². The molecule has 1 fully saturated rings. The van der Waals surface area contributed by atoms with Crippen LogP contribution in [-0.4, -0.2) is 27.2 Å². The van der Waals surface area contributed by atoms with Crippen LogP contribution in [0.5, 0.6) is 0 Å². The summed E-state index contributed by atoms with van der Waals surface area (Å²) in [6.45, 7) is 3.95. The van der Waals surface area contributed by atoms with Crippen LogP contribution in [0.2, 0.25) is 0 Å². The second-order valence-electron chi connectivity index (χ2n) is 7.14. The Morgan fingerprint density at radius 2 is 1.97 bits per heavy atom. The molecule has 0 N–H and O–H groups in total. The highest BCUT2D eigenvalue weighted by molar-refractivity contribution is 9.10. The first-order valence-electron chi connectivity index (χ1n) is 9.75. The average Bonchev–Trinajstić information content (AvgIpc) is 3.06. The Morgan fingerprint density at radius 1 is 1.20 bits per heavy atom. The number of fused-ring (bicyclic) bond motifs is 1. The second kappa shape index (κ2) is 8.78. The van der Waals surface area contributed by atoms with Gasteiger partial charge < -0.3 is 4.74 Å². The zero-order valence-corrected chi connectivity index (χ0v) is 19.1. The third-order valence-corrected chi connectivity index (χ3v) is 6.93. The normalized spacial score (nSPS) is 20.8. The number of ether oxygens (including phenoxy) is 1. The van der Waals surface area contributed by atoms with Crippen molar-refractivity contribution in [1.82, 2.24) is 4.90 Å². The smallest absolute Gasteiger partial charge is 0.338 e. The molecule has 2 aliphatic rings. The molecule has 5 nitrogen and oxygen atoms in total. The number of halogens is 1. The number of hydrogen-bond acceptors (Lipinski definition) is 5. The maximum absolute atomic E-state index is 13.2. The molecule has 0 radical (unpaired) electrons. The maximum Gasteiger partial charge on any atom is 0.338 e. The molecule has 2 unspecified atom stereocenters. The van der Waals surface area contributed by atoms with Gasteiger partial charge in [0.05, 0.1) is 22.6 Å². The van der Waals surface area contributed by atoms with Crippen molar-refractivity contribution in [3.63, 3.8) is 0 Å². The van der Waals surface area contributed by atoms with E-state index in [1.165, 1.54) is 11.8 Å². The van der Waals surface area contributed by atoms with Gasteiger partial charge in [-0.2, -0.15) is 0 Å². The van der Waals surface area contributed by atoms with Crippen molar-refractivity contribution in [2.75, 3.05) is 0 Å². The van der Waals surface area contributed by atoms with Gasteiger partial charge in [-0.05, 0) is 36.6 Å². The zero-order chi connectivity index (χ0) is 21.3. The van der Waals surface area contributed by atoms with Gasteiger partial charge in [0, 0.05) is 4.47 Å². The SMILES string of the molecule is CCC1SC2=NC(C)=C(C(=O)OCc3ccccc3)C(c3cccc(Br)c3)N2C1=O. The van der Waals surface area contributed by atoms with Crippen molar-refractivity contribution in [2.45, 2.75) is 38.2 Å². The molecule has 2 atom stereocenters. The molecule has 2 aromatic rings. The minimum Gasteiger partial charge on any atom is -0.457 e. The molecule has 7 heteroatoms. The van der Waals surface area contributed by atoms with Crippen molar-refractivity contribution in [1.29, 1.82) is 0 Å². The topological polar surface area (TPSA) is 59.0 Å². The first-order chi connectivity index (χ1) is 14.5. The minimum atomic E-state index is -0.560. The van der Waals surface area contributed by atoms with Gasteiger partial charge in [0.2, 0.25) is 5.91 Å². The summed E-state index contributed by atoms with van der Waals surface area (Å²) in [5.41, 5.74) is 2.73. The number of allylic oxidation sites excluding steroid dienone is 1. The van der Waals surface area contributed by atoms with Crippen LogP contribution in [0.4, 0.5) is 0 Å². The molecule has 0 saturated carbocycles. The number of amides is 1. The molecule has 0 spiro atoms. The number of hydrogen-bond donors (Lipinski definition) is 0. The molecule has 1 amide bonds. The molecule has 4 rings (SSSR count). The maximum atomic E-state index is 13.2. The number of esters is 1. The Balaban J connectivity index is 1.72. The molecule has 2 aromatic carbocycles. The summed E-state index contributed by atoms with van der Waals surface area (Å²) in [4.78, 5) is 32.6. The van der Waals surface area contributed by atoms with E-state index in [4.69, 9.17) is 4.74 Å². The van der Waals surface area contributed by atoms with E-state index in [-0.39, 0.29) is 17.8 Å². The van der Waals surface area contributed by atoms with Crippen LogP contribution in [0.25, 0.3) is 0 Å². The summed E-state index contributed by atoms with van der Waals surface area (Å²) in [5.74, 6) is -0.478. The summed E-state index contributed by atoms with van der Waals surface area (Å²) in [7, 11) is 0. The monoisotopic (exact) mass is 484 g/mol. The highest BCUT2D eigenvalue weighted by Gasteiger charge is 2.47. The number of carbonyl (C=O) groups is 2. The van der Waals surface area contributed by atoms with Crippen molar-refractivity contribution < 1.29 is 14.3 Å². The lowest BCUT2D eigenvalue weighted by molar-refractivity contribution is -0.141. The van der Waals surface area contributed by atoms with Gasteiger partial charge in [-0.3, -0.25) is 9.69 Å². The number of aliphatic imine (C=N–C) groups is 1. The Hall–Kier alpha value is -2.38. The Morgan fingerprint density at radius 3 is 2.67 bits per heavy atom. The van der Waals surface area contributed by atoms with Crippen LogP contribution in [-0.2, 0) is 20.9 Å². The fraction of sp³-hybridized carbons (Fsp3) is 0.261. The van der Waals surface area contributed by atoms with Gasteiger partial charge in [-0.15, -0.1) is 0 Å². The van der Waals surface area contributed by atoms with E-state index in [1.54, 1.807) is 11.8 Å². The number of benzene rings is 2. The highest BCUT2D eigenvalue weighted by atomic mass is 79.9. The number of carbonyl (C=O) groups excluding carboxylic acids is 2. The van der Waals surface area contributed by atoms with Gasteiger partial charge >= 0.3 is 5.97 Å². The van der Waals surface area contributed by atoms with Crippen LogP contribution in [0.1, 0.15) is 37.4 Å². The van der Waals surface area contributed by atoms with Crippen molar-refractivity contribution in [3.8, 4) is 0 Å². The van der Waals surface area contributed by atoms with E-state index in [1.807, 2.05) is 61.5 Å². The number of rotatable bonds is 5. The largest absolute Gasteiger partial charge is 0.457 e. The molecule has 0 aromatic heterocycles. The molecule has 0 bridgehead atoms. The molecular formula is C23H21BrN2O3S. The highest BCUT2D eigenvalue weighted by Crippen LogP contribution is 2.44. The van der Waals surface area contributed by atoms with E-state index in [0.717, 1.165) is 15.6 Å². The number of thioether (sulfide) groups is 1. The molecule has 2 aliphatic heterocycles. The van der Waals surface area contributed by atoms with Gasteiger partial charge in [0.1, 0.15) is 6.61 Å². The van der Waals surface area contributed by atoms with E-state index in [9.17, 15) is 9.59 Å². The molecule has 0 aliphatic carbocycles. The van der Waals surface area contributed by atoms with E-state index < -0.39 is 12.0 Å². The van der Waals surface area contributed by atoms with Gasteiger partial charge in [0.25, 0.3) is 0 Å². The number of amidine groups is 1. The standard InChI is InChI=1S/C23H21BrN2O3S/c1-3-18-21(27)26-20(16-10-7-11-17(24)12-16)19(14(2)25-23(26)30-18)22(28)29-13-15-8-5-4-6-9-15/h4-12,18,20H,3,13H2,1-2H3. The summed E-state index contributed by atoms with van der Waals surface area (Å²) in [6, 6.07) is 16.7. The van der Waals surface area contributed by atoms with Gasteiger partial charge in [0.15, 0.2) is 5.17 Å². The predicted octanol–water partition coefficient (Wildman–Crippen LogP) is 5.23. The molecule has 30 heavy (non-hydrogen) atoms. The third kappa shape index (κ3) is 3.96. The number of nitrogens with zero attached hydrogens (tertiary/aromatic N) is 2. The lowest BCUT2D eigenvalue weighted by Crippen LogP contribution is -2.40. The predicted molar refractivity (Wildman–Crippen MR) is 122 cm³/mol. The molecule has 154 valence electrons. The van der Waals surface area contributed by atoms with Crippen LogP contribution in [0.15, 0.2) is 75.3 Å². The lowest BCUT2D eigenvalue weighted by Gasteiger charge is -2.33. The van der Waals surface area contributed by atoms with Crippen molar-refractivity contribution >= 4 is 44.7 Å².